The number of fused-ring (bicyclic) bond motifs is 1. The molecule has 0 saturated heterocycles. The highest BCUT2D eigenvalue weighted by Gasteiger charge is 2.11. The number of H-pyrrole nitrogens is 1. The second-order valence-corrected chi connectivity index (χ2v) is 4.82. The molecule has 6 heteroatoms. The van der Waals surface area contributed by atoms with Gasteiger partial charge in [0.1, 0.15) is 0 Å². The summed E-state index contributed by atoms with van der Waals surface area (Å²) in [4.78, 5) is 25.0. The smallest absolute Gasteiger partial charge is 0.417 e. The lowest BCUT2D eigenvalue weighted by molar-refractivity contribution is -0.140. The van der Waals surface area contributed by atoms with Gasteiger partial charge in [0, 0.05) is 10.6 Å². The maximum absolute atomic E-state index is 10.9. The van der Waals surface area contributed by atoms with Gasteiger partial charge >= 0.3 is 11.7 Å². The van der Waals surface area contributed by atoms with Crippen molar-refractivity contribution in [2.45, 2.75) is 11.8 Å². The van der Waals surface area contributed by atoms with Crippen molar-refractivity contribution in [2.24, 2.45) is 5.92 Å². The number of rotatable bonds is 4. The van der Waals surface area contributed by atoms with Crippen LogP contribution in [0, 0.1) is 5.92 Å². The van der Waals surface area contributed by atoms with E-state index in [1.54, 1.807) is 19.1 Å². The third-order valence-corrected chi connectivity index (χ3v) is 3.57. The quantitative estimate of drug-likeness (QED) is 0.813. The molecule has 0 saturated carbocycles. The third-order valence-electron chi connectivity index (χ3n) is 2.31. The van der Waals surface area contributed by atoms with E-state index in [0.29, 0.717) is 16.9 Å². The third kappa shape index (κ3) is 2.71. The maximum atomic E-state index is 10.9. The standard InChI is InChI=1S/C11H11NO4S/c1-6(10(13)14)5-17-7-2-3-8-9(4-7)16-11(15)12-8/h2-4,6H,5H2,1H3,(H,12,15)(H,13,14). The molecule has 1 unspecified atom stereocenters. The summed E-state index contributed by atoms with van der Waals surface area (Å²) >= 11 is 1.42. The molecule has 1 atom stereocenters. The van der Waals surface area contributed by atoms with Crippen molar-refractivity contribution in [3.63, 3.8) is 0 Å². The fourth-order valence-electron chi connectivity index (χ4n) is 1.31. The van der Waals surface area contributed by atoms with E-state index in [2.05, 4.69) is 4.98 Å². The van der Waals surface area contributed by atoms with E-state index in [1.165, 1.54) is 11.8 Å². The maximum Gasteiger partial charge on any atom is 0.417 e. The van der Waals surface area contributed by atoms with Gasteiger partial charge in [-0.1, -0.05) is 6.92 Å². The van der Waals surface area contributed by atoms with E-state index in [1.807, 2.05) is 6.07 Å². The molecule has 2 rings (SSSR count). The Bertz CT molecular complexity index is 601. The van der Waals surface area contributed by atoms with Crippen molar-refractivity contribution in [2.75, 3.05) is 5.75 Å². The molecule has 2 N–H and O–H groups in total. The van der Waals surface area contributed by atoms with E-state index in [-0.39, 0.29) is 0 Å². The lowest BCUT2D eigenvalue weighted by Gasteiger charge is -2.05. The van der Waals surface area contributed by atoms with Gasteiger partial charge in [0.25, 0.3) is 0 Å². The largest absolute Gasteiger partial charge is 0.481 e. The Morgan fingerprint density at radius 2 is 2.35 bits per heavy atom. The topological polar surface area (TPSA) is 83.3 Å². The summed E-state index contributed by atoms with van der Waals surface area (Å²) in [6.45, 7) is 1.66. The summed E-state index contributed by atoms with van der Waals surface area (Å²) in [5.41, 5.74) is 1.13. The molecule has 0 aliphatic rings. The highest BCUT2D eigenvalue weighted by atomic mass is 32.2. The Kier molecular flexibility index (Phi) is 3.23. The number of oxazole rings is 1. The van der Waals surface area contributed by atoms with Crippen molar-refractivity contribution in [1.29, 1.82) is 0 Å². The molecular weight excluding hydrogens is 242 g/mol. The van der Waals surface area contributed by atoms with Crippen molar-refractivity contribution in [3.05, 3.63) is 28.7 Å². The molecule has 1 aromatic heterocycles. The second kappa shape index (κ2) is 4.67. The normalized spacial score (nSPS) is 12.8. The minimum atomic E-state index is -0.813. The number of carboxylic acids is 1. The van der Waals surface area contributed by atoms with Gasteiger partial charge in [0.15, 0.2) is 5.58 Å². The zero-order valence-electron chi connectivity index (χ0n) is 9.10. The highest BCUT2D eigenvalue weighted by molar-refractivity contribution is 7.99. The number of benzene rings is 1. The molecule has 1 heterocycles. The summed E-state index contributed by atoms with van der Waals surface area (Å²) < 4.78 is 4.92. The average molecular weight is 253 g/mol. The first-order valence-electron chi connectivity index (χ1n) is 5.05. The van der Waals surface area contributed by atoms with Gasteiger partial charge in [0.2, 0.25) is 0 Å². The molecule has 90 valence electrons. The minimum absolute atomic E-state index is 0.408. The van der Waals surface area contributed by atoms with Gasteiger partial charge in [-0.25, -0.2) is 4.79 Å². The molecule has 0 radical (unpaired) electrons. The SMILES string of the molecule is CC(CSc1ccc2[nH]c(=O)oc2c1)C(=O)O. The molecule has 0 amide bonds. The predicted octanol–water partition coefficient (Wildman–Crippen LogP) is 1.93. The number of aromatic nitrogens is 1. The molecule has 1 aromatic carbocycles. The summed E-state index contributed by atoms with van der Waals surface area (Å²) in [6, 6.07) is 5.30. The van der Waals surface area contributed by atoms with Crippen LogP contribution >= 0.6 is 11.8 Å². The van der Waals surface area contributed by atoms with Crippen LogP contribution in [0.2, 0.25) is 0 Å². The Morgan fingerprint density at radius 1 is 1.59 bits per heavy atom. The Hall–Kier alpha value is -1.69. The van der Waals surface area contributed by atoms with Gasteiger partial charge in [-0.3, -0.25) is 9.78 Å². The van der Waals surface area contributed by atoms with Crippen LogP contribution in [0.15, 0.2) is 32.3 Å². The molecule has 0 spiro atoms. The van der Waals surface area contributed by atoms with E-state index in [9.17, 15) is 9.59 Å². The van der Waals surface area contributed by atoms with Gasteiger partial charge < -0.3 is 9.52 Å². The lowest BCUT2D eigenvalue weighted by Crippen LogP contribution is -2.11. The van der Waals surface area contributed by atoms with Gasteiger partial charge in [-0.2, -0.15) is 0 Å². The van der Waals surface area contributed by atoms with Crippen molar-refractivity contribution in [3.8, 4) is 0 Å². The van der Waals surface area contributed by atoms with Crippen LogP contribution in [0.5, 0.6) is 0 Å². The van der Waals surface area contributed by atoms with Crippen LogP contribution in [0.3, 0.4) is 0 Å². The second-order valence-electron chi connectivity index (χ2n) is 3.72. The summed E-state index contributed by atoms with van der Waals surface area (Å²) in [7, 11) is 0. The Labute approximate surface area is 101 Å². The summed E-state index contributed by atoms with van der Waals surface area (Å²) in [5, 5.41) is 8.76. The zero-order valence-corrected chi connectivity index (χ0v) is 9.91. The number of hydrogen-bond acceptors (Lipinski definition) is 4. The number of carbonyl (C=O) groups is 1. The predicted molar refractivity (Wildman–Crippen MR) is 64.4 cm³/mol. The first kappa shape index (κ1) is 11.8. The molecular formula is C11H11NO4S. The summed E-state index contributed by atoms with van der Waals surface area (Å²) in [6.07, 6.45) is 0. The van der Waals surface area contributed by atoms with Crippen LogP contribution in [-0.2, 0) is 4.79 Å². The number of carboxylic acid groups (broad SMARTS) is 1. The zero-order chi connectivity index (χ0) is 12.4. The number of aliphatic carboxylic acids is 1. The summed E-state index contributed by atoms with van der Waals surface area (Å²) in [5.74, 6) is -1.23. The molecule has 0 aliphatic carbocycles. The number of aromatic amines is 1. The fraction of sp³-hybridized carbons (Fsp3) is 0.273. The highest BCUT2D eigenvalue weighted by Crippen LogP contribution is 2.24. The van der Waals surface area contributed by atoms with Gasteiger partial charge in [-0.15, -0.1) is 11.8 Å². The van der Waals surface area contributed by atoms with Crippen molar-refractivity contribution < 1.29 is 14.3 Å². The van der Waals surface area contributed by atoms with Crippen molar-refractivity contribution >= 4 is 28.8 Å². The van der Waals surface area contributed by atoms with Gasteiger partial charge in [-0.05, 0) is 18.2 Å². The molecule has 0 fully saturated rings. The van der Waals surface area contributed by atoms with Crippen LogP contribution < -0.4 is 5.76 Å². The number of hydrogen-bond donors (Lipinski definition) is 2. The fourth-order valence-corrected chi connectivity index (χ4v) is 2.25. The van der Waals surface area contributed by atoms with Crippen LogP contribution in [0.4, 0.5) is 0 Å². The molecule has 0 aliphatic heterocycles. The van der Waals surface area contributed by atoms with Crippen molar-refractivity contribution in [1.82, 2.24) is 4.98 Å². The molecule has 17 heavy (non-hydrogen) atoms. The monoisotopic (exact) mass is 253 g/mol. The van der Waals surface area contributed by atoms with E-state index in [0.717, 1.165) is 4.90 Å². The Balaban J connectivity index is 2.14. The minimum Gasteiger partial charge on any atom is -0.481 e. The van der Waals surface area contributed by atoms with Gasteiger partial charge in [0.05, 0.1) is 11.4 Å². The first-order chi connectivity index (χ1) is 8.06. The molecule has 2 aromatic rings. The average Bonchev–Trinajstić information content (AvgIpc) is 2.64. The van der Waals surface area contributed by atoms with E-state index in [4.69, 9.17) is 9.52 Å². The number of nitrogens with one attached hydrogen (secondary N) is 1. The lowest BCUT2D eigenvalue weighted by atomic mass is 10.2. The van der Waals surface area contributed by atoms with E-state index >= 15 is 0 Å². The Morgan fingerprint density at radius 3 is 3.06 bits per heavy atom. The first-order valence-corrected chi connectivity index (χ1v) is 6.03. The molecule has 5 nitrogen and oxygen atoms in total. The van der Waals surface area contributed by atoms with Crippen LogP contribution in [0.25, 0.3) is 11.1 Å². The van der Waals surface area contributed by atoms with Crippen LogP contribution in [0.1, 0.15) is 6.92 Å². The van der Waals surface area contributed by atoms with E-state index < -0.39 is 17.6 Å². The molecule has 0 bridgehead atoms. The van der Waals surface area contributed by atoms with Crippen LogP contribution in [-0.4, -0.2) is 21.8 Å². The number of thioether (sulfide) groups is 1.